The van der Waals surface area contributed by atoms with E-state index in [1.54, 1.807) is 18.0 Å². The molecule has 4 heteroatoms. The molecule has 4 nitrogen and oxygen atoms in total. The Morgan fingerprint density at radius 2 is 1.90 bits per heavy atom. The summed E-state index contributed by atoms with van der Waals surface area (Å²) in [5, 5.41) is 22.4. The fourth-order valence-corrected chi connectivity index (χ4v) is 4.17. The van der Waals surface area contributed by atoms with Crippen molar-refractivity contribution in [1.29, 1.82) is 0 Å². The van der Waals surface area contributed by atoms with Gasteiger partial charge in [0.2, 0.25) is 5.91 Å². The van der Waals surface area contributed by atoms with Crippen molar-refractivity contribution in [3.8, 4) is 22.6 Å². The van der Waals surface area contributed by atoms with Gasteiger partial charge in [0.15, 0.2) is 0 Å². The summed E-state index contributed by atoms with van der Waals surface area (Å²) in [7, 11) is 1.80. The number of hydrogen-bond acceptors (Lipinski definition) is 3. The van der Waals surface area contributed by atoms with E-state index in [-0.39, 0.29) is 23.3 Å². The number of phenolic OH excluding ortho intramolecular Hbond substituents is 2. The summed E-state index contributed by atoms with van der Waals surface area (Å²) in [5.74, 6) is 0.387. The highest BCUT2D eigenvalue weighted by molar-refractivity contribution is 5.87. The van der Waals surface area contributed by atoms with Crippen molar-refractivity contribution >= 4 is 11.5 Å². The molecule has 2 N–H and O–H groups in total. The number of amides is 1. The van der Waals surface area contributed by atoms with Crippen LogP contribution in [0.1, 0.15) is 68.2 Å². The molecule has 0 saturated heterocycles. The second-order valence-electron chi connectivity index (χ2n) is 9.01. The van der Waals surface area contributed by atoms with Gasteiger partial charge in [0.25, 0.3) is 0 Å². The zero-order chi connectivity index (χ0) is 22.7. The highest BCUT2D eigenvalue weighted by Crippen LogP contribution is 2.45. The zero-order valence-electron chi connectivity index (χ0n) is 19.3. The molecule has 1 aliphatic carbocycles. The molecule has 0 atom stereocenters. The van der Waals surface area contributed by atoms with Gasteiger partial charge in [-0.05, 0) is 62.3 Å². The van der Waals surface area contributed by atoms with Crippen molar-refractivity contribution in [3.63, 3.8) is 0 Å². The van der Waals surface area contributed by atoms with E-state index in [0.717, 1.165) is 71.9 Å². The minimum Gasteiger partial charge on any atom is -0.507 e. The number of nitrogens with zero attached hydrogens (tertiary/aromatic N) is 1. The van der Waals surface area contributed by atoms with Gasteiger partial charge in [-0.25, -0.2) is 0 Å². The smallest absolute Gasteiger partial charge is 0.225 e. The average molecular weight is 422 g/mol. The Kier molecular flexibility index (Phi) is 7.09. The normalized spacial score (nSPS) is 13.3. The summed E-state index contributed by atoms with van der Waals surface area (Å²) in [6.45, 7) is 10.5. The first-order valence-electron chi connectivity index (χ1n) is 11.3. The fourth-order valence-electron chi connectivity index (χ4n) is 4.17. The Bertz CT molecular complexity index is 988. The maximum atomic E-state index is 12.6. The largest absolute Gasteiger partial charge is 0.507 e. The van der Waals surface area contributed by atoms with Crippen molar-refractivity contribution in [2.45, 2.75) is 65.8 Å². The summed E-state index contributed by atoms with van der Waals surface area (Å²) < 4.78 is 0. The van der Waals surface area contributed by atoms with E-state index in [0.29, 0.717) is 12.1 Å². The van der Waals surface area contributed by atoms with E-state index in [2.05, 4.69) is 13.5 Å². The SMILES string of the molecule is C=C(C)c1ccc(C)cc1-c1c(O)cc(CCCCC)c(CN(C)C(=O)C2CC2)c1O. The predicted molar refractivity (Wildman–Crippen MR) is 127 cm³/mol. The van der Waals surface area contributed by atoms with Crippen LogP contribution in [0.5, 0.6) is 11.5 Å². The molecule has 1 aliphatic rings. The lowest BCUT2D eigenvalue weighted by Gasteiger charge is -2.23. The molecule has 0 unspecified atom stereocenters. The van der Waals surface area contributed by atoms with Crippen molar-refractivity contribution < 1.29 is 15.0 Å². The topological polar surface area (TPSA) is 60.8 Å². The maximum absolute atomic E-state index is 12.6. The summed E-state index contributed by atoms with van der Waals surface area (Å²) in [6, 6.07) is 7.73. The van der Waals surface area contributed by atoms with Crippen molar-refractivity contribution in [1.82, 2.24) is 4.90 Å². The van der Waals surface area contributed by atoms with Crippen LogP contribution >= 0.6 is 0 Å². The van der Waals surface area contributed by atoms with Gasteiger partial charge in [-0.3, -0.25) is 4.79 Å². The first-order chi connectivity index (χ1) is 14.7. The third kappa shape index (κ3) is 5.12. The molecule has 1 saturated carbocycles. The Hall–Kier alpha value is -2.75. The van der Waals surface area contributed by atoms with Gasteiger partial charge in [0.1, 0.15) is 11.5 Å². The maximum Gasteiger partial charge on any atom is 0.225 e. The monoisotopic (exact) mass is 421 g/mol. The number of phenols is 2. The second-order valence-corrected chi connectivity index (χ2v) is 9.01. The zero-order valence-corrected chi connectivity index (χ0v) is 19.3. The van der Waals surface area contributed by atoms with E-state index >= 15 is 0 Å². The van der Waals surface area contributed by atoms with Crippen molar-refractivity contribution in [2.75, 3.05) is 7.05 Å². The van der Waals surface area contributed by atoms with Gasteiger partial charge in [-0.2, -0.15) is 0 Å². The molecule has 2 aromatic carbocycles. The molecule has 0 spiro atoms. The number of unbranched alkanes of at least 4 members (excludes halogenated alkanes) is 2. The highest BCUT2D eigenvalue weighted by Gasteiger charge is 2.33. The Balaban J connectivity index is 2.12. The first kappa shape index (κ1) is 22.9. The Morgan fingerprint density at radius 3 is 2.52 bits per heavy atom. The molecule has 0 aromatic heterocycles. The Labute approximate surface area is 186 Å². The van der Waals surface area contributed by atoms with Crippen LogP contribution in [0.25, 0.3) is 16.7 Å². The summed E-state index contributed by atoms with van der Waals surface area (Å²) in [6.07, 6.45) is 5.81. The van der Waals surface area contributed by atoms with Crippen LogP contribution in [0, 0.1) is 12.8 Å². The van der Waals surface area contributed by atoms with E-state index < -0.39 is 0 Å². The molecule has 0 bridgehead atoms. The number of rotatable bonds is 9. The van der Waals surface area contributed by atoms with Gasteiger partial charge in [-0.15, -0.1) is 0 Å². The van der Waals surface area contributed by atoms with E-state index in [4.69, 9.17) is 0 Å². The molecule has 166 valence electrons. The lowest BCUT2D eigenvalue weighted by Crippen LogP contribution is -2.28. The molecule has 1 amide bonds. The number of benzene rings is 2. The number of carbonyl (C=O) groups excluding carboxylic acids is 1. The van der Waals surface area contributed by atoms with Crippen LogP contribution in [0.15, 0.2) is 30.8 Å². The molecule has 1 fully saturated rings. The van der Waals surface area contributed by atoms with Gasteiger partial charge < -0.3 is 15.1 Å². The minimum absolute atomic E-state index is 0.0649. The molecular weight excluding hydrogens is 386 g/mol. The molecule has 0 aliphatic heterocycles. The first-order valence-corrected chi connectivity index (χ1v) is 11.3. The van der Waals surface area contributed by atoms with Gasteiger partial charge in [0.05, 0.1) is 5.56 Å². The molecule has 0 heterocycles. The fraction of sp³-hybridized carbons (Fsp3) is 0.444. The molecule has 3 rings (SSSR count). The number of aryl methyl sites for hydroxylation is 2. The van der Waals surface area contributed by atoms with Crippen molar-refractivity contribution in [3.05, 3.63) is 53.1 Å². The van der Waals surface area contributed by atoms with E-state index in [1.807, 2.05) is 32.0 Å². The molecular formula is C27H35NO3. The van der Waals surface area contributed by atoms with E-state index in [9.17, 15) is 15.0 Å². The summed E-state index contributed by atoms with van der Waals surface area (Å²) in [4.78, 5) is 14.3. The molecule has 2 aromatic rings. The highest BCUT2D eigenvalue weighted by atomic mass is 16.3. The standard InChI is InChI=1S/C27H35NO3/c1-6-7-8-9-20-15-24(29)25(22-14-18(4)10-13-21(22)17(2)3)26(30)23(20)16-28(5)27(31)19-11-12-19/h10,13-15,19,29-30H,2,6-9,11-12,16H2,1,3-5H3. The summed E-state index contributed by atoms with van der Waals surface area (Å²) >= 11 is 0. The number of hydrogen-bond donors (Lipinski definition) is 2. The lowest BCUT2D eigenvalue weighted by molar-refractivity contribution is -0.131. The second kappa shape index (κ2) is 9.59. The minimum atomic E-state index is 0.0649. The quantitative estimate of drug-likeness (QED) is 0.473. The third-order valence-electron chi connectivity index (χ3n) is 6.13. The van der Waals surface area contributed by atoms with Crippen LogP contribution < -0.4 is 0 Å². The van der Waals surface area contributed by atoms with Crippen LogP contribution in [0.2, 0.25) is 0 Å². The van der Waals surface area contributed by atoms with Gasteiger partial charge in [-0.1, -0.05) is 55.7 Å². The van der Waals surface area contributed by atoms with Gasteiger partial charge in [0, 0.05) is 25.1 Å². The van der Waals surface area contributed by atoms with Crippen LogP contribution in [0.4, 0.5) is 0 Å². The Morgan fingerprint density at radius 1 is 1.19 bits per heavy atom. The van der Waals surface area contributed by atoms with Crippen LogP contribution in [-0.4, -0.2) is 28.1 Å². The van der Waals surface area contributed by atoms with Crippen LogP contribution in [-0.2, 0) is 17.8 Å². The van der Waals surface area contributed by atoms with E-state index in [1.165, 1.54) is 0 Å². The van der Waals surface area contributed by atoms with Crippen LogP contribution in [0.3, 0.4) is 0 Å². The third-order valence-corrected chi connectivity index (χ3v) is 6.13. The number of carbonyl (C=O) groups is 1. The average Bonchev–Trinajstić information content (AvgIpc) is 3.55. The summed E-state index contributed by atoms with van der Waals surface area (Å²) in [5.41, 5.74) is 5.62. The van der Waals surface area contributed by atoms with Crippen molar-refractivity contribution in [2.24, 2.45) is 5.92 Å². The number of aromatic hydroxyl groups is 2. The van der Waals surface area contributed by atoms with Gasteiger partial charge >= 0.3 is 0 Å². The number of allylic oxidation sites excluding steroid dienone is 1. The molecule has 0 radical (unpaired) electrons. The lowest BCUT2D eigenvalue weighted by atomic mass is 9.89. The molecule has 31 heavy (non-hydrogen) atoms. The predicted octanol–water partition coefficient (Wildman–Crippen LogP) is 6.21.